The second-order valence-corrected chi connectivity index (χ2v) is 3.44. The Hall–Kier alpha value is -1.36. The van der Waals surface area contributed by atoms with Crippen molar-refractivity contribution in [2.75, 3.05) is 30.3 Å². The van der Waals surface area contributed by atoms with E-state index >= 15 is 0 Å². The van der Waals surface area contributed by atoms with Crippen LogP contribution in [0.1, 0.15) is 6.92 Å². The smallest absolute Gasteiger partial charge is 0.225 e. The molecule has 0 aromatic carbocycles. The predicted octanol–water partition coefficient (Wildman–Crippen LogP) is 0.284. The number of rotatable bonds is 1. The molecule has 1 aliphatic rings. The van der Waals surface area contributed by atoms with E-state index < -0.39 is 0 Å². The van der Waals surface area contributed by atoms with Gasteiger partial charge < -0.3 is 15.4 Å². The van der Waals surface area contributed by atoms with Gasteiger partial charge >= 0.3 is 0 Å². The van der Waals surface area contributed by atoms with Crippen LogP contribution in [0.15, 0.2) is 12.4 Å². The van der Waals surface area contributed by atoms with Gasteiger partial charge in [0.15, 0.2) is 0 Å². The maximum absolute atomic E-state index is 5.52. The summed E-state index contributed by atoms with van der Waals surface area (Å²) >= 11 is 0. The highest BCUT2D eigenvalue weighted by molar-refractivity contribution is 5.38. The minimum Gasteiger partial charge on any atom is -0.396 e. The Morgan fingerprint density at radius 3 is 2.86 bits per heavy atom. The molecule has 0 radical (unpaired) electrons. The van der Waals surface area contributed by atoms with Crippen LogP contribution >= 0.6 is 0 Å². The van der Waals surface area contributed by atoms with Gasteiger partial charge in [-0.1, -0.05) is 0 Å². The highest BCUT2D eigenvalue weighted by Gasteiger charge is 2.18. The second kappa shape index (κ2) is 3.79. The maximum atomic E-state index is 5.52. The number of aromatic nitrogens is 2. The molecule has 1 aliphatic heterocycles. The summed E-state index contributed by atoms with van der Waals surface area (Å²) in [5.41, 5.74) is 6.11. The fraction of sp³-hybridized carbons (Fsp3) is 0.556. The largest absolute Gasteiger partial charge is 0.396 e. The van der Waals surface area contributed by atoms with Gasteiger partial charge in [-0.15, -0.1) is 0 Å². The Morgan fingerprint density at radius 1 is 1.50 bits per heavy atom. The van der Waals surface area contributed by atoms with E-state index in [1.54, 1.807) is 12.4 Å². The third-order valence-corrected chi connectivity index (χ3v) is 2.18. The van der Waals surface area contributed by atoms with Gasteiger partial charge in [0.2, 0.25) is 5.95 Å². The molecule has 0 saturated carbocycles. The fourth-order valence-corrected chi connectivity index (χ4v) is 1.49. The molecule has 0 bridgehead atoms. The minimum absolute atomic E-state index is 0.241. The Balaban J connectivity index is 2.10. The molecule has 2 rings (SSSR count). The molecule has 1 unspecified atom stereocenters. The Labute approximate surface area is 82.9 Å². The van der Waals surface area contributed by atoms with Crippen LogP contribution in [0.2, 0.25) is 0 Å². The van der Waals surface area contributed by atoms with Crippen LogP contribution in [0.3, 0.4) is 0 Å². The van der Waals surface area contributed by atoms with Crippen molar-refractivity contribution in [1.82, 2.24) is 9.97 Å². The van der Waals surface area contributed by atoms with Crippen molar-refractivity contribution in [3.05, 3.63) is 12.4 Å². The number of nitrogens with zero attached hydrogens (tertiary/aromatic N) is 3. The van der Waals surface area contributed by atoms with E-state index in [0.717, 1.165) is 25.6 Å². The summed E-state index contributed by atoms with van der Waals surface area (Å²) in [4.78, 5) is 10.4. The normalized spacial score (nSPS) is 22.4. The van der Waals surface area contributed by atoms with E-state index in [-0.39, 0.29) is 6.10 Å². The van der Waals surface area contributed by atoms with Gasteiger partial charge in [0.25, 0.3) is 0 Å². The molecular formula is C9H14N4O. The number of hydrogen-bond donors (Lipinski definition) is 1. The number of morpholine rings is 1. The molecule has 14 heavy (non-hydrogen) atoms. The SMILES string of the molecule is CC1CN(c2ncc(N)cn2)CCO1. The predicted molar refractivity (Wildman–Crippen MR) is 54.1 cm³/mol. The van der Waals surface area contributed by atoms with E-state index in [1.165, 1.54) is 0 Å². The van der Waals surface area contributed by atoms with E-state index in [0.29, 0.717) is 5.69 Å². The van der Waals surface area contributed by atoms with E-state index in [9.17, 15) is 0 Å². The number of anilines is 2. The van der Waals surface area contributed by atoms with Crippen molar-refractivity contribution in [1.29, 1.82) is 0 Å². The van der Waals surface area contributed by atoms with Crippen molar-refractivity contribution in [3.63, 3.8) is 0 Å². The Kier molecular flexibility index (Phi) is 2.49. The molecule has 2 heterocycles. The van der Waals surface area contributed by atoms with Gasteiger partial charge in [-0.05, 0) is 6.92 Å². The topological polar surface area (TPSA) is 64.3 Å². The zero-order valence-corrected chi connectivity index (χ0v) is 8.18. The third kappa shape index (κ3) is 1.93. The average Bonchev–Trinajstić information content (AvgIpc) is 2.19. The monoisotopic (exact) mass is 194 g/mol. The first-order valence-corrected chi connectivity index (χ1v) is 4.70. The standard InChI is InChI=1S/C9H14N4O/c1-7-6-13(2-3-14-7)9-11-4-8(10)5-12-9/h4-5,7H,2-3,6,10H2,1H3. The number of ether oxygens (including phenoxy) is 1. The average molecular weight is 194 g/mol. The number of nitrogen functional groups attached to an aromatic ring is 1. The molecule has 5 heteroatoms. The second-order valence-electron chi connectivity index (χ2n) is 3.44. The first-order valence-electron chi connectivity index (χ1n) is 4.70. The van der Waals surface area contributed by atoms with E-state index in [4.69, 9.17) is 10.5 Å². The molecule has 76 valence electrons. The fourth-order valence-electron chi connectivity index (χ4n) is 1.49. The first kappa shape index (κ1) is 9.21. The van der Waals surface area contributed by atoms with Crippen molar-refractivity contribution in [3.8, 4) is 0 Å². The number of nitrogens with two attached hydrogens (primary N) is 1. The molecule has 0 spiro atoms. The molecular weight excluding hydrogens is 180 g/mol. The number of hydrogen-bond acceptors (Lipinski definition) is 5. The summed E-state index contributed by atoms with van der Waals surface area (Å²) in [7, 11) is 0. The van der Waals surface area contributed by atoms with Crippen LogP contribution < -0.4 is 10.6 Å². The summed E-state index contributed by atoms with van der Waals surface area (Å²) in [6, 6.07) is 0. The van der Waals surface area contributed by atoms with Gasteiger partial charge in [0.05, 0.1) is 30.8 Å². The van der Waals surface area contributed by atoms with Crippen molar-refractivity contribution in [2.24, 2.45) is 0 Å². The van der Waals surface area contributed by atoms with E-state index in [2.05, 4.69) is 14.9 Å². The zero-order chi connectivity index (χ0) is 9.97. The molecule has 2 N–H and O–H groups in total. The van der Waals surface area contributed by atoms with Gasteiger partial charge in [0.1, 0.15) is 0 Å². The van der Waals surface area contributed by atoms with Crippen molar-refractivity contribution < 1.29 is 4.74 Å². The lowest BCUT2D eigenvalue weighted by molar-refractivity contribution is 0.0526. The van der Waals surface area contributed by atoms with Gasteiger partial charge in [-0.25, -0.2) is 9.97 Å². The molecule has 0 amide bonds. The quantitative estimate of drug-likeness (QED) is 0.695. The molecule has 1 aromatic heterocycles. The molecule has 1 fully saturated rings. The maximum Gasteiger partial charge on any atom is 0.225 e. The van der Waals surface area contributed by atoms with Gasteiger partial charge in [-0.2, -0.15) is 0 Å². The minimum atomic E-state index is 0.241. The van der Waals surface area contributed by atoms with Gasteiger partial charge in [-0.3, -0.25) is 0 Å². The van der Waals surface area contributed by atoms with Crippen molar-refractivity contribution >= 4 is 11.6 Å². The van der Waals surface area contributed by atoms with Crippen LogP contribution in [0.5, 0.6) is 0 Å². The van der Waals surface area contributed by atoms with Crippen LogP contribution in [-0.4, -0.2) is 35.8 Å². The van der Waals surface area contributed by atoms with Crippen LogP contribution in [0.25, 0.3) is 0 Å². The van der Waals surface area contributed by atoms with Crippen LogP contribution in [0.4, 0.5) is 11.6 Å². The zero-order valence-electron chi connectivity index (χ0n) is 8.18. The summed E-state index contributed by atoms with van der Waals surface area (Å²) in [5, 5.41) is 0. The van der Waals surface area contributed by atoms with Crippen molar-refractivity contribution in [2.45, 2.75) is 13.0 Å². The summed E-state index contributed by atoms with van der Waals surface area (Å²) in [6.07, 6.45) is 3.50. The summed E-state index contributed by atoms with van der Waals surface area (Å²) in [5.74, 6) is 0.731. The highest BCUT2D eigenvalue weighted by Crippen LogP contribution is 2.12. The first-order chi connectivity index (χ1) is 6.75. The Morgan fingerprint density at radius 2 is 2.21 bits per heavy atom. The van der Waals surface area contributed by atoms with Crippen LogP contribution in [-0.2, 0) is 4.74 Å². The molecule has 5 nitrogen and oxygen atoms in total. The molecule has 1 atom stereocenters. The van der Waals surface area contributed by atoms with E-state index in [1.807, 2.05) is 6.92 Å². The lowest BCUT2D eigenvalue weighted by Gasteiger charge is -2.30. The molecule has 1 aromatic rings. The van der Waals surface area contributed by atoms with Crippen LogP contribution in [0, 0.1) is 0 Å². The van der Waals surface area contributed by atoms with Gasteiger partial charge in [0, 0.05) is 13.1 Å². The summed E-state index contributed by atoms with van der Waals surface area (Å²) < 4.78 is 5.43. The summed E-state index contributed by atoms with van der Waals surface area (Å²) in [6.45, 7) is 4.45. The lowest BCUT2D eigenvalue weighted by atomic mass is 10.3. The molecule has 1 saturated heterocycles. The third-order valence-electron chi connectivity index (χ3n) is 2.18. The molecule has 0 aliphatic carbocycles. The highest BCUT2D eigenvalue weighted by atomic mass is 16.5. The Bertz CT molecular complexity index is 300. The lowest BCUT2D eigenvalue weighted by Crippen LogP contribution is -2.41.